The zero-order valence-corrected chi connectivity index (χ0v) is 12.7. The first kappa shape index (κ1) is 13.9. The molecule has 2 N–H and O–H groups in total. The van der Waals surface area contributed by atoms with E-state index in [1.807, 2.05) is 42.5 Å². The first-order chi connectivity index (χ1) is 10.3. The van der Waals surface area contributed by atoms with Crippen LogP contribution < -0.4 is 5.73 Å². The fraction of sp³-hybridized carbons (Fsp3) is 0.133. The van der Waals surface area contributed by atoms with Gasteiger partial charge in [0.05, 0.1) is 5.92 Å². The number of aromatic nitrogens is 3. The summed E-state index contributed by atoms with van der Waals surface area (Å²) >= 11 is 3.43. The first-order valence-corrected chi connectivity index (χ1v) is 7.28. The van der Waals surface area contributed by atoms with E-state index in [9.17, 15) is 0 Å². The predicted octanol–water partition coefficient (Wildman–Crippen LogP) is 2.98. The van der Waals surface area contributed by atoms with Gasteiger partial charge in [0.15, 0.2) is 0 Å². The lowest BCUT2D eigenvalue weighted by Crippen LogP contribution is -2.14. The zero-order valence-electron chi connectivity index (χ0n) is 11.1. The SMILES string of the molecule is NCC(c1ccccc1)c1nc(-c2ncccc2Br)no1. The van der Waals surface area contributed by atoms with Crippen LogP contribution in [0.2, 0.25) is 0 Å². The fourth-order valence-corrected chi connectivity index (χ4v) is 2.52. The van der Waals surface area contributed by atoms with Crippen molar-refractivity contribution in [2.45, 2.75) is 5.92 Å². The van der Waals surface area contributed by atoms with E-state index < -0.39 is 0 Å². The third kappa shape index (κ3) is 2.86. The second-order valence-electron chi connectivity index (χ2n) is 4.49. The van der Waals surface area contributed by atoms with Crippen molar-refractivity contribution in [3.8, 4) is 11.5 Å². The predicted molar refractivity (Wildman–Crippen MR) is 82.6 cm³/mol. The van der Waals surface area contributed by atoms with Crippen molar-refractivity contribution < 1.29 is 4.52 Å². The van der Waals surface area contributed by atoms with E-state index in [1.54, 1.807) is 6.20 Å². The Balaban J connectivity index is 1.96. The Hall–Kier alpha value is -2.05. The standard InChI is InChI=1S/C15H13BrN4O/c16-12-7-4-8-18-13(12)14-19-15(21-20-14)11(9-17)10-5-2-1-3-6-10/h1-8,11H,9,17H2. The average molecular weight is 345 g/mol. The molecular formula is C15H13BrN4O. The number of benzene rings is 1. The zero-order chi connectivity index (χ0) is 14.7. The molecule has 0 amide bonds. The summed E-state index contributed by atoms with van der Waals surface area (Å²) in [6, 6.07) is 13.6. The highest BCUT2D eigenvalue weighted by atomic mass is 79.9. The highest BCUT2D eigenvalue weighted by Gasteiger charge is 2.21. The Kier molecular flexibility index (Phi) is 4.08. The topological polar surface area (TPSA) is 77.8 Å². The Morgan fingerprint density at radius 1 is 1.14 bits per heavy atom. The van der Waals surface area contributed by atoms with Gasteiger partial charge in [0, 0.05) is 17.2 Å². The molecule has 1 unspecified atom stereocenters. The molecule has 106 valence electrons. The van der Waals surface area contributed by atoms with Crippen LogP contribution in [-0.4, -0.2) is 21.7 Å². The molecule has 3 rings (SSSR count). The minimum absolute atomic E-state index is 0.116. The number of hydrogen-bond donors (Lipinski definition) is 1. The van der Waals surface area contributed by atoms with Crippen LogP contribution in [-0.2, 0) is 0 Å². The number of rotatable bonds is 4. The van der Waals surface area contributed by atoms with Crippen molar-refractivity contribution in [1.82, 2.24) is 15.1 Å². The van der Waals surface area contributed by atoms with E-state index in [0.717, 1.165) is 10.0 Å². The molecule has 2 aromatic heterocycles. The van der Waals surface area contributed by atoms with E-state index in [2.05, 4.69) is 31.1 Å². The van der Waals surface area contributed by atoms with Crippen molar-refractivity contribution >= 4 is 15.9 Å². The third-order valence-corrected chi connectivity index (χ3v) is 3.79. The molecule has 0 aliphatic heterocycles. The van der Waals surface area contributed by atoms with Gasteiger partial charge >= 0.3 is 0 Å². The Morgan fingerprint density at radius 3 is 2.67 bits per heavy atom. The fourth-order valence-electron chi connectivity index (χ4n) is 2.09. The lowest BCUT2D eigenvalue weighted by molar-refractivity contribution is 0.367. The molecule has 0 spiro atoms. The van der Waals surface area contributed by atoms with Gasteiger partial charge in [-0.05, 0) is 33.6 Å². The molecule has 0 radical (unpaired) electrons. The summed E-state index contributed by atoms with van der Waals surface area (Å²) in [6.45, 7) is 0.398. The second kappa shape index (κ2) is 6.15. The lowest BCUT2D eigenvalue weighted by atomic mass is 9.99. The summed E-state index contributed by atoms with van der Waals surface area (Å²) in [5.74, 6) is 0.832. The van der Waals surface area contributed by atoms with Crippen LogP contribution in [0.4, 0.5) is 0 Å². The molecule has 0 aliphatic rings. The molecule has 0 bridgehead atoms. The number of halogens is 1. The Bertz CT molecular complexity index is 729. The van der Waals surface area contributed by atoms with Crippen LogP contribution in [0, 0.1) is 0 Å². The number of hydrogen-bond acceptors (Lipinski definition) is 5. The molecule has 6 heteroatoms. The molecule has 5 nitrogen and oxygen atoms in total. The van der Waals surface area contributed by atoms with Crippen LogP contribution in [0.3, 0.4) is 0 Å². The minimum Gasteiger partial charge on any atom is -0.338 e. The largest absolute Gasteiger partial charge is 0.338 e. The van der Waals surface area contributed by atoms with Crippen LogP contribution in [0.5, 0.6) is 0 Å². The monoisotopic (exact) mass is 344 g/mol. The molecule has 0 aliphatic carbocycles. The summed E-state index contributed by atoms with van der Waals surface area (Å²) in [6.07, 6.45) is 1.69. The van der Waals surface area contributed by atoms with Crippen LogP contribution in [0.25, 0.3) is 11.5 Å². The molecule has 1 aromatic carbocycles. The molecule has 2 heterocycles. The van der Waals surface area contributed by atoms with Crippen molar-refractivity contribution in [3.05, 3.63) is 64.6 Å². The highest BCUT2D eigenvalue weighted by Crippen LogP contribution is 2.27. The third-order valence-electron chi connectivity index (χ3n) is 3.15. The number of pyridine rings is 1. The molecule has 3 aromatic rings. The van der Waals surface area contributed by atoms with Crippen molar-refractivity contribution in [2.24, 2.45) is 5.73 Å². The van der Waals surface area contributed by atoms with Gasteiger partial charge in [-0.1, -0.05) is 35.5 Å². The molecule has 0 saturated heterocycles. The quantitative estimate of drug-likeness (QED) is 0.787. The summed E-state index contributed by atoms with van der Waals surface area (Å²) in [7, 11) is 0. The van der Waals surface area contributed by atoms with Crippen LogP contribution in [0.1, 0.15) is 17.4 Å². The summed E-state index contributed by atoms with van der Waals surface area (Å²) < 4.78 is 6.20. The summed E-state index contributed by atoms with van der Waals surface area (Å²) in [4.78, 5) is 8.70. The highest BCUT2D eigenvalue weighted by molar-refractivity contribution is 9.10. The molecule has 0 saturated carbocycles. The van der Waals surface area contributed by atoms with Crippen LogP contribution in [0.15, 0.2) is 57.7 Å². The lowest BCUT2D eigenvalue weighted by Gasteiger charge is -2.09. The van der Waals surface area contributed by atoms with E-state index in [0.29, 0.717) is 24.0 Å². The molecule has 1 atom stereocenters. The van der Waals surface area contributed by atoms with Gasteiger partial charge in [-0.3, -0.25) is 4.98 Å². The average Bonchev–Trinajstić information content (AvgIpc) is 2.99. The molecule has 21 heavy (non-hydrogen) atoms. The Labute approximate surface area is 130 Å². The van der Waals surface area contributed by atoms with E-state index in [1.165, 1.54) is 0 Å². The van der Waals surface area contributed by atoms with Gasteiger partial charge in [0.25, 0.3) is 0 Å². The summed E-state index contributed by atoms with van der Waals surface area (Å²) in [5, 5.41) is 4.01. The van der Waals surface area contributed by atoms with Gasteiger partial charge in [-0.2, -0.15) is 4.98 Å². The van der Waals surface area contributed by atoms with Gasteiger partial charge in [0.2, 0.25) is 11.7 Å². The van der Waals surface area contributed by atoms with E-state index in [4.69, 9.17) is 10.3 Å². The number of nitrogens with two attached hydrogens (primary N) is 1. The van der Waals surface area contributed by atoms with Crippen molar-refractivity contribution in [2.75, 3.05) is 6.54 Å². The first-order valence-electron chi connectivity index (χ1n) is 6.49. The maximum Gasteiger partial charge on any atom is 0.235 e. The second-order valence-corrected chi connectivity index (χ2v) is 5.34. The number of nitrogens with zero attached hydrogens (tertiary/aromatic N) is 3. The van der Waals surface area contributed by atoms with Crippen LogP contribution >= 0.6 is 15.9 Å². The van der Waals surface area contributed by atoms with Gasteiger partial charge < -0.3 is 10.3 Å². The van der Waals surface area contributed by atoms with Gasteiger partial charge in [-0.15, -0.1) is 0 Å². The maximum absolute atomic E-state index is 5.86. The van der Waals surface area contributed by atoms with Crippen molar-refractivity contribution in [3.63, 3.8) is 0 Å². The van der Waals surface area contributed by atoms with Gasteiger partial charge in [0.1, 0.15) is 5.69 Å². The molecule has 0 fully saturated rings. The van der Waals surface area contributed by atoms with E-state index in [-0.39, 0.29) is 5.92 Å². The molecular weight excluding hydrogens is 332 g/mol. The van der Waals surface area contributed by atoms with Gasteiger partial charge in [-0.25, -0.2) is 0 Å². The smallest absolute Gasteiger partial charge is 0.235 e. The van der Waals surface area contributed by atoms with E-state index >= 15 is 0 Å². The maximum atomic E-state index is 5.86. The normalized spacial score (nSPS) is 12.3. The van der Waals surface area contributed by atoms with Crippen molar-refractivity contribution in [1.29, 1.82) is 0 Å². The Morgan fingerprint density at radius 2 is 1.95 bits per heavy atom. The summed E-state index contributed by atoms with van der Waals surface area (Å²) in [5.41, 5.74) is 7.56. The minimum atomic E-state index is -0.116.